The van der Waals surface area contributed by atoms with Gasteiger partial charge in [-0.05, 0) is 63.5 Å². The minimum atomic E-state index is -1.05. The lowest BCUT2D eigenvalue weighted by molar-refractivity contribution is 0.0609. The maximum atomic E-state index is 13.8. The van der Waals surface area contributed by atoms with Gasteiger partial charge < -0.3 is 16.8 Å². The van der Waals surface area contributed by atoms with Gasteiger partial charge in [-0.1, -0.05) is 0 Å². The highest BCUT2D eigenvalue weighted by Crippen LogP contribution is 2.54. The Labute approximate surface area is 219 Å². The summed E-state index contributed by atoms with van der Waals surface area (Å²) in [6.45, 7) is 3.85. The first-order valence-corrected chi connectivity index (χ1v) is 12.7. The summed E-state index contributed by atoms with van der Waals surface area (Å²) < 4.78 is 1.69. The molecule has 0 saturated heterocycles. The first kappa shape index (κ1) is 24.3. The number of nitrogens with one attached hydrogen (secondary N) is 2. The normalized spacial score (nSPS) is 26.4. The number of nitrogens with zero attached hydrogens (tertiary/aromatic N) is 7. The predicted octanol–water partition coefficient (Wildman–Crippen LogP) is 2.31. The molecule has 0 radical (unpaired) electrons. The van der Waals surface area contributed by atoms with Crippen LogP contribution in [0.3, 0.4) is 0 Å². The Hall–Kier alpha value is -4.03. The summed E-state index contributed by atoms with van der Waals surface area (Å²) in [6.07, 6.45) is 6.21. The van der Waals surface area contributed by atoms with Crippen molar-refractivity contribution in [2.75, 3.05) is 5.32 Å². The minimum absolute atomic E-state index is 0.118. The van der Waals surface area contributed by atoms with Crippen molar-refractivity contribution in [3.63, 3.8) is 0 Å². The van der Waals surface area contributed by atoms with Crippen LogP contribution in [0.15, 0.2) is 36.7 Å². The van der Waals surface area contributed by atoms with Crippen molar-refractivity contribution in [2.24, 2.45) is 30.4 Å². The molecule has 38 heavy (non-hydrogen) atoms. The van der Waals surface area contributed by atoms with E-state index >= 15 is 0 Å². The van der Waals surface area contributed by atoms with E-state index in [2.05, 4.69) is 30.8 Å². The number of ketones is 1. The Kier molecular flexibility index (Phi) is 5.61. The molecule has 196 valence electrons. The highest BCUT2D eigenvalue weighted by molar-refractivity contribution is 6.02. The molecule has 2 aliphatic rings. The van der Waals surface area contributed by atoms with Crippen LogP contribution in [0, 0.1) is 25.7 Å². The maximum absolute atomic E-state index is 13.8. The van der Waals surface area contributed by atoms with Crippen molar-refractivity contribution < 1.29 is 4.79 Å². The molecule has 6 N–H and O–H groups in total. The fourth-order valence-electron chi connectivity index (χ4n) is 6.12. The summed E-state index contributed by atoms with van der Waals surface area (Å²) in [5.41, 5.74) is 15.6. The van der Waals surface area contributed by atoms with Crippen LogP contribution >= 0.6 is 0 Å². The van der Waals surface area contributed by atoms with Crippen molar-refractivity contribution in [2.45, 2.75) is 50.6 Å². The average Bonchev–Trinajstić information content (AvgIpc) is 3.55. The van der Waals surface area contributed by atoms with E-state index in [1.807, 2.05) is 39.2 Å². The molecule has 0 spiro atoms. The van der Waals surface area contributed by atoms with E-state index in [1.54, 1.807) is 23.0 Å². The zero-order chi connectivity index (χ0) is 26.7. The van der Waals surface area contributed by atoms with Crippen LogP contribution in [-0.2, 0) is 12.6 Å². The molecule has 4 aromatic rings. The molecule has 0 aliphatic heterocycles. The number of H-pyrrole nitrogens is 1. The number of rotatable bonds is 6. The second kappa shape index (κ2) is 8.77. The molecule has 4 aromatic heterocycles. The highest BCUT2D eigenvalue weighted by atomic mass is 16.1. The molecule has 6 rings (SSSR count). The summed E-state index contributed by atoms with van der Waals surface area (Å²) in [4.78, 5) is 23.2. The van der Waals surface area contributed by atoms with Crippen molar-refractivity contribution in [3.05, 3.63) is 59.6 Å². The standard InChI is InChI=1S/C26H31N11O/c1-14-8-21(31-22-9-15(2)33-36-22)32-24(30-14)25(27)10-17-4-5-18(11-25)26(17,28)23(38)20-7-6-19(34-35-20)16-12-29-37(3)13-16/h6-9,12-13,17-18H,4-5,10-11,27-28H2,1-3H3,(H2,30,31,32,33,36). The maximum Gasteiger partial charge on any atom is 0.203 e. The lowest BCUT2D eigenvalue weighted by atomic mass is 9.63. The molecule has 12 heteroatoms. The third-order valence-corrected chi connectivity index (χ3v) is 7.99. The number of carbonyl (C=O) groups is 1. The fraction of sp³-hybridized carbons (Fsp3) is 0.423. The number of hydrogen-bond donors (Lipinski definition) is 4. The van der Waals surface area contributed by atoms with Crippen molar-refractivity contribution in [3.8, 4) is 11.3 Å². The average molecular weight is 514 g/mol. The summed E-state index contributed by atoms with van der Waals surface area (Å²) in [7, 11) is 1.84. The van der Waals surface area contributed by atoms with Gasteiger partial charge in [0.05, 0.1) is 23.0 Å². The summed E-state index contributed by atoms with van der Waals surface area (Å²) in [5.74, 6) is 1.43. The third-order valence-electron chi connectivity index (χ3n) is 7.99. The van der Waals surface area contributed by atoms with Gasteiger partial charge in [0.2, 0.25) is 5.78 Å². The minimum Gasteiger partial charge on any atom is -0.323 e. The Balaban J connectivity index is 1.24. The fourth-order valence-corrected chi connectivity index (χ4v) is 6.12. The van der Waals surface area contributed by atoms with Crippen molar-refractivity contribution in [1.29, 1.82) is 0 Å². The molecular formula is C26H31N11O. The van der Waals surface area contributed by atoms with Crippen LogP contribution < -0.4 is 16.8 Å². The molecule has 12 nitrogen and oxygen atoms in total. The molecule has 0 amide bonds. The number of Topliss-reactive ketones (excluding diaryl/α,β-unsaturated/α-hetero) is 1. The Morgan fingerprint density at radius 1 is 1.08 bits per heavy atom. The number of hydrogen-bond acceptors (Lipinski definition) is 10. The number of carbonyl (C=O) groups excluding carboxylic acids is 1. The van der Waals surface area contributed by atoms with Crippen LogP contribution in [0.25, 0.3) is 11.3 Å². The Morgan fingerprint density at radius 3 is 2.45 bits per heavy atom. The lowest BCUT2D eigenvalue weighted by Gasteiger charge is -2.46. The van der Waals surface area contributed by atoms with Gasteiger partial charge in [-0.3, -0.25) is 14.6 Å². The summed E-state index contributed by atoms with van der Waals surface area (Å²) in [5, 5.41) is 23.1. The van der Waals surface area contributed by atoms with Gasteiger partial charge in [-0.15, -0.1) is 10.2 Å². The second-order valence-electron chi connectivity index (χ2n) is 10.8. The molecule has 4 heterocycles. The second-order valence-corrected chi connectivity index (χ2v) is 10.8. The molecule has 2 saturated carbocycles. The van der Waals surface area contributed by atoms with Crippen LogP contribution in [0.2, 0.25) is 0 Å². The molecule has 2 unspecified atom stereocenters. The Bertz CT molecular complexity index is 1490. The topological polar surface area (TPSA) is 179 Å². The molecule has 2 fully saturated rings. The van der Waals surface area contributed by atoms with Crippen LogP contribution in [-0.4, -0.2) is 51.5 Å². The van der Waals surface area contributed by atoms with Crippen LogP contribution in [0.4, 0.5) is 11.6 Å². The van der Waals surface area contributed by atoms with E-state index in [1.165, 1.54) is 0 Å². The summed E-state index contributed by atoms with van der Waals surface area (Å²) in [6, 6.07) is 7.25. The van der Waals surface area contributed by atoms with E-state index in [9.17, 15) is 4.79 Å². The first-order valence-electron chi connectivity index (χ1n) is 12.7. The molecule has 0 aromatic carbocycles. The molecule has 2 atom stereocenters. The smallest absolute Gasteiger partial charge is 0.203 e. The van der Waals surface area contributed by atoms with Gasteiger partial charge in [0.1, 0.15) is 11.5 Å². The van der Waals surface area contributed by atoms with Gasteiger partial charge in [0, 0.05) is 42.3 Å². The van der Waals surface area contributed by atoms with E-state index in [4.69, 9.17) is 21.4 Å². The third kappa shape index (κ3) is 4.05. The highest BCUT2D eigenvalue weighted by Gasteiger charge is 2.60. The van der Waals surface area contributed by atoms with Gasteiger partial charge >= 0.3 is 0 Å². The number of anilines is 2. The molecule has 2 bridgehead atoms. The van der Waals surface area contributed by atoms with Crippen LogP contribution in [0.1, 0.15) is 53.4 Å². The number of aromatic amines is 1. The zero-order valence-corrected chi connectivity index (χ0v) is 21.6. The van der Waals surface area contributed by atoms with E-state index in [0.717, 1.165) is 29.8 Å². The summed E-state index contributed by atoms with van der Waals surface area (Å²) >= 11 is 0. The number of nitrogens with two attached hydrogens (primary N) is 2. The zero-order valence-electron chi connectivity index (χ0n) is 21.6. The van der Waals surface area contributed by atoms with E-state index < -0.39 is 11.1 Å². The van der Waals surface area contributed by atoms with Gasteiger partial charge in [0.15, 0.2) is 11.6 Å². The number of fused-ring (bicyclic) bond motifs is 2. The number of aryl methyl sites for hydroxylation is 3. The van der Waals surface area contributed by atoms with Gasteiger partial charge in [-0.2, -0.15) is 10.2 Å². The molecule has 2 aliphatic carbocycles. The van der Waals surface area contributed by atoms with Crippen molar-refractivity contribution in [1.82, 2.24) is 40.1 Å². The predicted molar refractivity (Wildman–Crippen MR) is 140 cm³/mol. The monoisotopic (exact) mass is 513 g/mol. The van der Waals surface area contributed by atoms with Gasteiger partial charge in [-0.25, -0.2) is 9.97 Å². The SMILES string of the molecule is Cc1cc(Nc2cc(C)[nH]n2)nc(C2(N)CC3CCC(C2)C3(N)C(=O)c2ccc(-c3cnn(C)c3)nn2)n1. The van der Waals surface area contributed by atoms with Crippen molar-refractivity contribution >= 4 is 17.4 Å². The number of aromatic nitrogens is 8. The molecular weight excluding hydrogens is 482 g/mol. The van der Waals surface area contributed by atoms with Gasteiger partial charge in [0.25, 0.3) is 0 Å². The van der Waals surface area contributed by atoms with Crippen LogP contribution in [0.5, 0.6) is 0 Å². The Morgan fingerprint density at radius 2 is 1.84 bits per heavy atom. The largest absolute Gasteiger partial charge is 0.323 e. The quantitative estimate of drug-likeness (QED) is 0.279. The van der Waals surface area contributed by atoms with E-state index in [-0.39, 0.29) is 23.3 Å². The van der Waals surface area contributed by atoms with E-state index in [0.29, 0.717) is 36.0 Å². The first-order chi connectivity index (χ1) is 18.1. The lowest BCUT2D eigenvalue weighted by Crippen LogP contribution is -2.63.